The number of imidazole rings is 1. The molecule has 0 bridgehead atoms. The highest BCUT2D eigenvalue weighted by Crippen LogP contribution is 2.23. The van der Waals surface area contributed by atoms with E-state index < -0.39 is 0 Å². The lowest BCUT2D eigenvalue weighted by molar-refractivity contribution is 0.0176. The standard InChI is InChI=1S/C13H15N3O2/c1-18-10-5-9(6-10)16-13(17)8-2-3-11-12(4-8)15-7-14-11/h2-4,7,9-10H,5-6H2,1H3,(H,14,15)(H,16,17). The van der Waals surface area contributed by atoms with Gasteiger partial charge in [0.2, 0.25) is 0 Å². The first-order valence-corrected chi connectivity index (χ1v) is 6.03. The van der Waals surface area contributed by atoms with Crippen LogP contribution in [0.15, 0.2) is 24.5 Å². The van der Waals surface area contributed by atoms with E-state index >= 15 is 0 Å². The van der Waals surface area contributed by atoms with Crippen molar-refractivity contribution in [3.8, 4) is 0 Å². The fourth-order valence-electron chi connectivity index (χ4n) is 2.22. The van der Waals surface area contributed by atoms with Gasteiger partial charge in [-0.25, -0.2) is 4.98 Å². The van der Waals surface area contributed by atoms with E-state index in [1.807, 2.05) is 12.1 Å². The number of H-pyrrole nitrogens is 1. The molecule has 1 amide bonds. The van der Waals surface area contributed by atoms with Gasteiger partial charge in [-0.05, 0) is 31.0 Å². The smallest absolute Gasteiger partial charge is 0.251 e. The number of hydrogen-bond acceptors (Lipinski definition) is 3. The van der Waals surface area contributed by atoms with Crippen LogP contribution in [0, 0.1) is 0 Å². The van der Waals surface area contributed by atoms with E-state index in [1.165, 1.54) is 0 Å². The summed E-state index contributed by atoms with van der Waals surface area (Å²) >= 11 is 0. The predicted molar refractivity (Wildman–Crippen MR) is 67.4 cm³/mol. The Balaban J connectivity index is 1.68. The lowest BCUT2D eigenvalue weighted by Gasteiger charge is -2.34. The number of nitrogens with zero attached hydrogens (tertiary/aromatic N) is 1. The molecule has 0 saturated heterocycles. The lowest BCUT2D eigenvalue weighted by atomic mass is 9.89. The number of fused-ring (bicyclic) bond motifs is 1. The second-order valence-electron chi connectivity index (χ2n) is 4.63. The molecular weight excluding hydrogens is 230 g/mol. The summed E-state index contributed by atoms with van der Waals surface area (Å²) in [6.45, 7) is 0. The molecule has 3 rings (SSSR count). The maximum absolute atomic E-state index is 12.0. The molecule has 18 heavy (non-hydrogen) atoms. The van der Waals surface area contributed by atoms with Crippen molar-refractivity contribution in [1.82, 2.24) is 15.3 Å². The molecule has 0 unspecified atom stereocenters. The highest BCUT2D eigenvalue weighted by atomic mass is 16.5. The van der Waals surface area contributed by atoms with Crippen molar-refractivity contribution in [2.75, 3.05) is 7.11 Å². The zero-order valence-electron chi connectivity index (χ0n) is 10.1. The summed E-state index contributed by atoms with van der Waals surface area (Å²) in [4.78, 5) is 19.1. The van der Waals surface area contributed by atoms with Crippen molar-refractivity contribution in [2.24, 2.45) is 0 Å². The average Bonchev–Trinajstić information content (AvgIpc) is 2.79. The second-order valence-corrected chi connectivity index (χ2v) is 4.63. The Morgan fingerprint density at radius 1 is 1.50 bits per heavy atom. The molecule has 0 aliphatic heterocycles. The van der Waals surface area contributed by atoms with E-state index in [2.05, 4.69) is 15.3 Å². The number of methoxy groups -OCH3 is 1. The van der Waals surface area contributed by atoms with E-state index in [-0.39, 0.29) is 11.9 Å². The summed E-state index contributed by atoms with van der Waals surface area (Å²) in [5.74, 6) is -0.0361. The van der Waals surface area contributed by atoms with E-state index in [1.54, 1.807) is 19.5 Å². The fourth-order valence-corrected chi connectivity index (χ4v) is 2.22. The van der Waals surface area contributed by atoms with Gasteiger partial charge >= 0.3 is 0 Å². The van der Waals surface area contributed by atoms with Crippen LogP contribution < -0.4 is 5.32 Å². The van der Waals surface area contributed by atoms with Crippen LogP contribution in [-0.2, 0) is 4.74 Å². The van der Waals surface area contributed by atoms with Gasteiger partial charge in [0.1, 0.15) is 0 Å². The Kier molecular flexibility index (Phi) is 2.76. The van der Waals surface area contributed by atoms with Gasteiger partial charge in [0.15, 0.2) is 0 Å². The first-order valence-electron chi connectivity index (χ1n) is 6.03. The Morgan fingerprint density at radius 2 is 2.33 bits per heavy atom. The monoisotopic (exact) mass is 245 g/mol. The molecule has 1 fully saturated rings. The van der Waals surface area contributed by atoms with Crippen molar-refractivity contribution in [1.29, 1.82) is 0 Å². The predicted octanol–water partition coefficient (Wildman–Crippen LogP) is 1.47. The normalized spacial score (nSPS) is 22.7. The molecule has 2 aromatic rings. The molecule has 2 N–H and O–H groups in total. The molecule has 94 valence electrons. The zero-order chi connectivity index (χ0) is 12.5. The minimum Gasteiger partial charge on any atom is -0.381 e. The number of ether oxygens (including phenoxy) is 1. The van der Waals surface area contributed by atoms with Gasteiger partial charge in [0.25, 0.3) is 5.91 Å². The first kappa shape index (κ1) is 11.2. The number of carbonyl (C=O) groups excluding carboxylic acids is 1. The van der Waals surface area contributed by atoms with Crippen molar-refractivity contribution in [3.63, 3.8) is 0 Å². The first-order chi connectivity index (χ1) is 8.76. The molecular formula is C13H15N3O2. The van der Waals surface area contributed by atoms with Crippen LogP contribution in [0.1, 0.15) is 23.2 Å². The lowest BCUT2D eigenvalue weighted by Crippen LogP contribution is -2.47. The van der Waals surface area contributed by atoms with Crippen molar-refractivity contribution in [2.45, 2.75) is 25.0 Å². The molecule has 1 aliphatic rings. The van der Waals surface area contributed by atoms with Gasteiger partial charge in [0.05, 0.1) is 23.5 Å². The van der Waals surface area contributed by atoms with E-state index in [0.29, 0.717) is 11.7 Å². The maximum atomic E-state index is 12.0. The molecule has 1 aliphatic carbocycles. The van der Waals surface area contributed by atoms with Gasteiger partial charge in [-0.2, -0.15) is 0 Å². The number of aromatic amines is 1. The molecule has 0 atom stereocenters. The van der Waals surface area contributed by atoms with Crippen LogP contribution in [0.4, 0.5) is 0 Å². The van der Waals surface area contributed by atoms with Crippen LogP contribution in [-0.4, -0.2) is 35.1 Å². The minimum absolute atomic E-state index is 0.0361. The third kappa shape index (κ3) is 1.97. The minimum atomic E-state index is -0.0361. The molecule has 0 radical (unpaired) electrons. The molecule has 5 heteroatoms. The van der Waals surface area contributed by atoms with Crippen LogP contribution >= 0.6 is 0 Å². The van der Waals surface area contributed by atoms with Gasteiger partial charge in [-0.1, -0.05) is 0 Å². The third-order valence-corrected chi connectivity index (χ3v) is 3.45. The largest absolute Gasteiger partial charge is 0.381 e. The van der Waals surface area contributed by atoms with Crippen LogP contribution in [0.3, 0.4) is 0 Å². The summed E-state index contributed by atoms with van der Waals surface area (Å²) in [5, 5.41) is 3.00. The van der Waals surface area contributed by atoms with Gasteiger partial charge in [-0.3, -0.25) is 4.79 Å². The Labute approximate surface area is 105 Å². The van der Waals surface area contributed by atoms with E-state index in [4.69, 9.17) is 4.74 Å². The summed E-state index contributed by atoms with van der Waals surface area (Å²) < 4.78 is 5.19. The Hall–Kier alpha value is -1.88. The third-order valence-electron chi connectivity index (χ3n) is 3.45. The molecule has 1 heterocycles. The number of aromatic nitrogens is 2. The number of nitrogens with one attached hydrogen (secondary N) is 2. The Bertz CT molecular complexity index is 572. The van der Waals surface area contributed by atoms with Gasteiger partial charge in [0, 0.05) is 18.7 Å². The molecule has 0 spiro atoms. The zero-order valence-corrected chi connectivity index (χ0v) is 10.1. The molecule has 1 aromatic carbocycles. The van der Waals surface area contributed by atoms with Crippen LogP contribution in [0.2, 0.25) is 0 Å². The average molecular weight is 245 g/mol. The SMILES string of the molecule is COC1CC(NC(=O)c2ccc3nc[nH]c3c2)C1. The number of rotatable bonds is 3. The maximum Gasteiger partial charge on any atom is 0.251 e. The van der Waals surface area contributed by atoms with Crippen LogP contribution in [0.5, 0.6) is 0 Å². The Morgan fingerprint density at radius 3 is 3.11 bits per heavy atom. The summed E-state index contributed by atoms with van der Waals surface area (Å²) in [6, 6.07) is 5.70. The second kappa shape index (κ2) is 4.42. The molecule has 5 nitrogen and oxygen atoms in total. The quantitative estimate of drug-likeness (QED) is 0.860. The summed E-state index contributed by atoms with van der Waals surface area (Å²) in [6.07, 6.45) is 3.72. The molecule has 1 saturated carbocycles. The topological polar surface area (TPSA) is 67.0 Å². The van der Waals surface area contributed by atoms with Crippen LogP contribution in [0.25, 0.3) is 11.0 Å². The fraction of sp³-hybridized carbons (Fsp3) is 0.385. The summed E-state index contributed by atoms with van der Waals surface area (Å²) in [7, 11) is 1.70. The van der Waals surface area contributed by atoms with E-state index in [9.17, 15) is 4.79 Å². The molecule has 1 aromatic heterocycles. The highest BCUT2D eigenvalue weighted by molar-refractivity contribution is 5.97. The number of benzene rings is 1. The number of amides is 1. The van der Waals surface area contributed by atoms with Gasteiger partial charge < -0.3 is 15.0 Å². The number of carbonyl (C=O) groups is 1. The van der Waals surface area contributed by atoms with Crippen molar-refractivity contribution >= 4 is 16.9 Å². The van der Waals surface area contributed by atoms with E-state index in [0.717, 1.165) is 23.9 Å². The van der Waals surface area contributed by atoms with Crippen molar-refractivity contribution in [3.05, 3.63) is 30.1 Å². The van der Waals surface area contributed by atoms with Gasteiger partial charge in [-0.15, -0.1) is 0 Å². The number of hydrogen-bond donors (Lipinski definition) is 2. The summed E-state index contributed by atoms with van der Waals surface area (Å²) in [5.41, 5.74) is 2.41. The highest BCUT2D eigenvalue weighted by Gasteiger charge is 2.30. The van der Waals surface area contributed by atoms with Crippen molar-refractivity contribution < 1.29 is 9.53 Å².